The second-order valence-electron chi connectivity index (χ2n) is 6.75. The van der Waals surface area contributed by atoms with E-state index in [-0.39, 0.29) is 10.7 Å². The molecule has 0 fully saturated rings. The summed E-state index contributed by atoms with van der Waals surface area (Å²) in [5.74, 6) is 1.26. The topological polar surface area (TPSA) is 96.2 Å². The molecule has 0 aliphatic heterocycles. The van der Waals surface area contributed by atoms with E-state index in [1.165, 1.54) is 32.7 Å². The first-order valence-corrected chi connectivity index (χ1v) is 11.9. The molecular weight excluding hydrogens is 496 g/mol. The summed E-state index contributed by atoms with van der Waals surface area (Å²) in [6.45, 7) is 0. The number of aromatic nitrogens is 4. The second-order valence-corrected chi connectivity index (χ2v) is 9.66. The number of para-hydroxylation sites is 1. The molecule has 0 spiro atoms. The van der Waals surface area contributed by atoms with Gasteiger partial charge in [-0.05, 0) is 34.1 Å². The Morgan fingerprint density at radius 2 is 1.62 bits per heavy atom. The lowest BCUT2D eigenvalue weighted by molar-refractivity contribution is 0.391. The number of sulfone groups is 1. The third-order valence-electron chi connectivity index (χ3n) is 4.75. The van der Waals surface area contributed by atoms with Crippen LogP contribution in [0.2, 0.25) is 0 Å². The van der Waals surface area contributed by atoms with Gasteiger partial charge in [0.15, 0.2) is 21.5 Å². The van der Waals surface area contributed by atoms with Gasteiger partial charge in [-0.15, -0.1) is 10.2 Å². The van der Waals surface area contributed by atoms with Gasteiger partial charge in [0.25, 0.3) is 0 Å². The van der Waals surface area contributed by atoms with Crippen molar-refractivity contribution in [1.82, 2.24) is 19.7 Å². The Hall–Kier alpha value is -3.24. The average molecular weight is 515 g/mol. The van der Waals surface area contributed by atoms with Gasteiger partial charge >= 0.3 is 0 Å². The predicted octanol–water partition coefficient (Wildman–Crippen LogP) is 4.08. The molecule has 0 aliphatic carbocycles. The van der Waals surface area contributed by atoms with Crippen molar-refractivity contribution in [2.45, 2.75) is 10.6 Å². The van der Waals surface area contributed by atoms with Gasteiger partial charge < -0.3 is 9.47 Å². The van der Waals surface area contributed by atoms with Gasteiger partial charge in [0.1, 0.15) is 22.9 Å². The van der Waals surface area contributed by atoms with E-state index >= 15 is 0 Å². The monoisotopic (exact) mass is 514 g/mol. The van der Waals surface area contributed by atoms with E-state index in [9.17, 15) is 8.42 Å². The third-order valence-corrected chi connectivity index (χ3v) is 6.76. The maximum atomic E-state index is 13.2. The number of methoxy groups -OCH3 is 2. The second kappa shape index (κ2) is 9.09. The molecule has 0 bridgehead atoms. The summed E-state index contributed by atoms with van der Waals surface area (Å²) in [5.41, 5.74) is 1.28. The van der Waals surface area contributed by atoms with Crippen molar-refractivity contribution in [3.63, 3.8) is 0 Å². The zero-order valence-electron chi connectivity index (χ0n) is 17.3. The standard InChI is InChI=1S/C22H19BrN4O4S/c1-30-18-9-6-10-19(31-2)21(18)27-20(25-26-22(27)15-7-4-3-5-8-15)14-32(28,29)17-11-16(23)12-24-13-17/h3-13H,14H2,1-2H3. The Morgan fingerprint density at radius 3 is 2.25 bits per heavy atom. The molecule has 0 atom stereocenters. The van der Waals surface area contributed by atoms with Gasteiger partial charge in [0, 0.05) is 22.4 Å². The number of halogens is 1. The van der Waals surface area contributed by atoms with Gasteiger partial charge in [0.05, 0.1) is 19.1 Å². The summed E-state index contributed by atoms with van der Waals surface area (Å²) in [4.78, 5) is 4.05. The van der Waals surface area contributed by atoms with Crippen LogP contribution in [0.5, 0.6) is 11.5 Å². The SMILES string of the molecule is COc1cccc(OC)c1-n1c(CS(=O)(=O)c2cncc(Br)c2)nnc1-c1ccccc1. The fraction of sp³-hybridized carbons (Fsp3) is 0.136. The fourth-order valence-corrected chi connectivity index (χ4v) is 5.02. The molecule has 164 valence electrons. The molecule has 0 N–H and O–H groups in total. The third kappa shape index (κ3) is 4.23. The molecule has 2 aromatic heterocycles. The van der Waals surface area contributed by atoms with E-state index < -0.39 is 15.6 Å². The highest BCUT2D eigenvalue weighted by Gasteiger charge is 2.26. The Labute approximate surface area is 193 Å². The van der Waals surface area contributed by atoms with E-state index in [2.05, 4.69) is 31.1 Å². The van der Waals surface area contributed by atoms with Gasteiger partial charge in [-0.2, -0.15) is 0 Å². The minimum absolute atomic E-state index is 0.0784. The van der Waals surface area contributed by atoms with E-state index in [4.69, 9.17) is 9.47 Å². The Balaban J connectivity index is 1.94. The first kappa shape index (κ1) is 22.0. The molecule has 32 heavy (non-hydrogen) atoms. The van der Waals surface area contributed by atoms with Crippen molar-refractivity contribution in [3.8, 4) is 28.6 Å². The highest BCUT2D eigenvalue weighted by Crippen LogP contribution is 2.36. The quantitative estimate of drug-likeness (QED) is 0.366. The highest BCUT2D eigenvalue weighted by molar-refractivity contribution is 9.10. The van der Waals surface area contributed by atoms with Crippen LogP contribution in [0.15, 0.2) is 76.4 Å². The van der Waals surface area contributed by atoms with E-state index in [1.54, 1.807) is 22.8 Å². The van der Waals surface area contributed by atoms with Crippen LogP contribution >= 0.6 is 15.9 Å². The van der Waals surface area contributed by atoms with Crippen molar-refractivity contribution < 1.29 is 17.9 Å². The van der Waals surface area contributed by atoms with E-state index in [0.717, 1.165) is 5.56 Å². The maximum Gasteiger partial charge on any atom is 0.187 e. The van der Waals surface area contributed by atoms with Gasteiger partial charge in [-0.3, -0.25) is 9.55 Å². The molecule has 0 amide bonds. The molecule has 8 nitrogen and oxygen atoms in total. The molecule has 4 rings (SSSR count). The van der Waals surface area contributed by atoms with Crippen LogP contribution in [-0.2, 0) is 15.6 Å². The fourth-order valence-electron chi connectivity index (χ4n) is 3.29. The molecule has 10 heteroatoms. The number of hydrogen-bond acceptors (Lipinski definition) is 7. The molecular formula is C22H19BrN4O4S. The number of benzene rings is 2. The maximum absolute atomic E-state index is 13.2. The summed E-state index contributed by atoms with van der Waals surface area (Å²) in [5, 5.41) is 8.56. The Kier molecular flexibility index (Phi) is 6.24. The molecule has 4 aromatic rings. The lowest BCUT2D eigenvalue weighted by Crippen LogP contribution is -2.12. The van der Waals surface area contributed by atoms with Crippen LogP contribution in [0.1, 0.15) is 5.82 Å². The molecule has 2 aromatic carbocycles. The first-order valence-electron chi connectivity index (χ1n) is 9.49. The number of pyridine rings is 1. The number of hydrogen-bond donors (Lipinski definition) is 0. The van der Waals surface area contributed by atoms with Crippen LogP contribution in [0.25, 0.3) is 17.1 Å². The van der Waals surface area contributed by atoms with Crippen LogP contribution < -0.4 is 9.47 Å². The van der Waals surface area contributed by atoms with Crippen LogP contribution in [0.3, 0.4) is 0 Å². The molecule has 0 saturated carbocycles. The van der Waals surface area contributed by atoms with Crippen LogP contribution in [-0.4, -0.2) is 42.4 Å². The summed E-state index contributed by atoms with van der Waals surface area (Å²) in [7, 11) is -0.700. The molecule has 0 unspecified atom stereocenters. The van der Waals surface area contributed by atoms with Crippen molar-refractivity contribution in [2.75, 3.05) is 14.2 Å². The van der Waals surface area contributed by atoms with Crippen molar-refractivity contribution in [2.24, 2.45) is 0 Å². The smallest absolute Gasteiger partial charge is 0.187 e. The molecule has 0 saturated heterocycles. The lowest BCUT2D eigenvalue weighted by atomic mass is 10.2. The van der Waals surface area contributed by atoms with E-state index in [1.807, 2.05) is 30.3 Å². The summed E-state index contributed by atoms with van der Waals surface area (Å²) in [6.07, 6.45) is 2.83. The Morgan fingerprint density at radius 1 is 0.938 bits per heavy atom. The summed E-state index contributed by atoms with van der Waals surface area (Å²) < 4.78 is 39.7. The van der Waals surface area contributed by atoms with Gasteiger partial charge in [-0.1, -0.05) is 36.4 Å². The molecule has 0 radical (unpaired) electrons. The zero-order valence-corrected chi connectivity index (χ0v) is 19.7. The predicted molar refractivity (Wildman–Crippen MR) is 123 cm³/mol. The van der Waals surface area contributed by atoms with Crippen LogP contribution in [0.4, 0.5) is 0 Å². The molecule has 0 aliphatic rings. The van der Waals surface area contributed by atoms with Crippen LogP contribution in [0, 0.1) is 0 Å². The first-order chi connectivity index (χ1) is 15.4. The number of nitrogens with zero attached hydrogens (tertiary/aromatic N) is 4. The van der Waals surface area contributed by atoms with Crippen molar-refractivity contribution in [3.05, 3.63) is 77.3 Å². The van der Waals surface area contributed by atoms with Gasteiger partial charge in [0.2, 0.25) is 0 Å². The molecule has 2 heterocycles. The normalized spacial score (nSPS) is 11.3. The number of rotatable bonds is 7. The largest absolute Gasteiger partial charge is 0.494 e. The van der Waals surface area contributed by atoms with Crippen molar-refractivity contribution >= 4 is 25.8 Å². The lowest BCUT2D eigenvalue weighted by Gasteiger charge is -2.17. The zero-order chi connectivity index (χ0) is 22.7. The average Bonchev–Trinajstić information content (AvgIpc) is 3.21. The highest BCUT2D eigenvalue weighted by atomic mass is 79.9. The minimum atomic E-state index is -3.77. The summed E-state index contributed by atoms with van der Waals surface area (Å²) >= 11 is 3.27. The number of ether oxygens (including phenoxy) is 2. The van der Waals surface area contributed by atoms with Crippen molar-refractivity contribution in [1.29, 1.82) is 0 Å². The summed E-state index contributed by atoms with van der Waals surface area (Å²) in [6, 6.07) is 16.2. The van der Waals surface area contributed by atoms with Gasteiger partial charge in [-0.25, -0.2) is 8.42 Å². The Bertz CT molecular complexity index is 1340. The van der Waals surface area contributed by atoms with E-state index in [0.29, 0.717) is 27.5 Å². The minimum Gasteiger partial charge on any atom is -0.494 e.